The van der Waals surface area contributed by atoms with Crippen LogP contribution in [0.3, 0.4) is 0 Å². The largest absolute Gasteiger partial charge is 0.147 e. The molecule has 1 unspecified atom stereocenters. The van der Waals surface area contributed by atoms with E-state index in [1.807, 2.05) is 0 Å². The zero-order valence-electron chi connectivity index (χ0n) is 8.47. The molecule has 0 radical (unpaired) electrons. The Balaban J connectivity index is 2.35. The molecule has 0 saturated carbocycles. The van der Waals surface area contributed by atoms with Crippen LogP contribution in [0.25, 0.3) is 0 Å². The maximum absolute atomic E-state index is 6.06. The fraction of sp³-hybridized carbons (Fsp3) is 0.273. The molecule has 2 aromatic heterocycles. The van der Waals surface area contributed by atoms with Crippen molar-refractivity contribution >= 4 is 66.1 Å². The topological polar surface area (TPSA) is 0 Å². The number of aryl methyl sites for hydroxylation is 1. The zero-order chi connectivity index (χ0) is 11.7. The molecule has 0 N–H and O–H groups in total. The number of alkyl halides is 1. The minimum absolute atomic E-state index is 0.260. The van der Waals surface area contributed by atoms with Gasteiger partial charge in [-0.3, -0.25) is 0 Å². The highest BCUT2D eigenvalue weighted by atomic mass is 79.9. The first-order valence-electron chi connectivity index (χ1n) is 4.78. The quantitative estimate of drug-likeness (QED) is 0.533. The first-order valence-corrected chi connectivity index (χ1v) is 8.56. The molecule has 0 aliphatic rings. The van der Waals surface area contributed by atoms with Gasteiger partial charge in [-0.2, -0.15) is 0 Å². The summed E-state index contributed by atoms with van der Waals surface area (Å²) < 4.78 is 1.79. The average Bonchev–Trinajstić information content (AvgIpc) is 2.85. The van der Waals surface area contributed by atoms with E-state index >= 15 is 0 Å². The van der Waals surface area contributed by atoms with Crippen molar-refractivity contribution in [3.05, 3.63) is 41.6 Å². The molecule has 0 saturated heterocycles. The molecule has 2 aromatic rings. The van der Waals surface area contributed by atoms with Gasteiger partial charge in [0.05, 0.1) is 4.83 Å². The second-order valence-corrected chi connectivity index (χ2v) is 7.70. The van der Waals surface area contributed by atoms with Crippen LogP contribution in [0.4, 0.5) is 0 Å². The summed E-state index contributed by atoms with van der Waals surface area (Å²) in [6.07, 6.45) is 1.07. The summed E-state index contributed by atoms with van der Waals surface area (Å²) >= 11 is 16.7. The number of hydrogen-bond acceptors (Lipinski definition) is 2. The highest BCUT2D eigenvalue weighted by Crippen LogP contribution is 2.43. The number of rotatable bonds is 3. The van der Waals surface area contributed by atoms with E-state index in [9.17, 15) is 0 Å². The molecular weight excluding hydrogens is 392 g/mol. The van der Waals surface area contributed by atoms with E-state index in [-0.39, 0.29) is 4.83 Å². The second kappa shape index (κ2) is 5.53. The van der Waals surface area contributed by atoms with E-state index in [2.05, 4.69) is 56.3 Å². The van der Waals surface area contributed by atoms with E-state index < -0.39 is 0 Å². The molecule has 0 aliphatic carbocycles. The van der Waals surface area contributed by atoms with Gasteiger partial charge in [-0.25, -0.2) is 0 Å². The van der Waals surface area contributed by atoms with Crippen LogP contribution in [0.2, 0.25) is 4.34 Å². The maximum atomic E-state index is 6.06. The van der Waals surface area contributed by atoms with Crippen molar-refractivity contribution in [2.45, 2.75) is 18.2 Å². The first kappa shape index (κ1) is 13.1. The lowest BCUT2D eigenvalue weighted by atomic mass is 10.1. The molecule has 0 aromatic carbocycles. The van der Waals surface area contributed by atoms with Crippen molar-refractivity contribution in [3.63, 3.8) is 0 Å². The van der Waals surface area contributed by atoms with Gasteiger partial charge in [0.2, 0.25) is 0 Å². The third-order valence-corrected chi connectivity index (χ3v) is 7.43. The molecule has 0 bridgehead atoms. The van der Waals surface area contributed by atoms with Crippen molar-refractivity contribution in [1.82, 2.24) is 0 Å². The Morgan fingerprint density at radius 3 is 2.81 bits per heavy atom. The van der Waals surface area contributed by atoms with E-state index in [0.717, 1.165) is 15.2 Å². The summed E-state index contributed by atoms with van der Waals surface area (Å²) in [6.45, 7) is 2.18. The van der Waals surface area contributed by atoms with Crippen molar-refractivity contribution in [2.24, 2.45) is 0 Å². The Hall–Kier alpha value is 0.650. The SMILES string of the molecule is CCc1ccsc1C(Br)c1cc(Br)c(Cl)s1. The molecule has 0 amide bonds. The van der Waals surface area contributed by atoms with Crippen LogP contribution < -0.4 is 0 Å². The Morgan fingerprint density at radius 2 is 2.25 bits per heavy atom. The van der Waals surface area contributed by atoms with Crippen molar-refractivity contribution in [1.29, 1.82) is 0 Å². The first-order chi connectivity index (χ1) is 7.63. The van der Waals surface area contributed by atoms with E-state index in [4.69, 9.17) is 11.6 Å². The lowest BCUT2D eigenvalue weighted by Crippen LogP contribution is -1.90. The molecular formula is C11H9Br2ClS2. The third kappa shape index (κ3) is 2.56. The molecule has 1 atom stereocenters. The molecule has 0 aliphatic heterocycles. The predicted molar refractivity (Wildman–Crippen MR) is 81.5 cm³/mol. The van der Waals surface area contributed by atoms with Crippen molar-refractivity contribution in [2.75, 3.05) is 0 Å². The number of halogens is 3. The minimum Gasteiger partial charge on any atom is -0.147 e. The van der Waals surface area contributed by atoms with E-state index in [0.29, 0.717) is 0 Å². The van der Waals surface area contributed by atoms with Gasteiger partial charge in [0.15, 0.2) is 0 Å². The van der Waals surface area contributed by atoms with E-state index in [1.54, 1.807) is 22.7 Å². The van der Waals surface area contributed by atoms with Gasteiger partial charge < -0.3 is 0 Å². The molecule has 2 rings (SSSR count). The van der Waals surface area contributed by atoms with Gasteiger partial charge >= 0.3 is 0 Å². The summed E-state index contributed by atoms with van der Waals surface area (Å²) in [5.41, 5.74) is 1.41. The van der Waals surface area contributed by atoms with Gasteiger partial charge in [-0.1, -0.05) is 34.5 Å². The third-order valence-electron chi connectivity index (χ3n) is 2.31. The van der Waals surface area contributed by atoms with Crippen LogP contribution in [0.5, 0.6) is 0 Å². The van der Waals surface area contributed by atoms with Crippen LogP contribution in [0, 0.1) is 0 Å². The highest BCUT2D eigenvalue weighted by Gasteiger charge is 2.18. The molecule has 0 nitrogen and oxygen atoms in total. The summed E-state index contributed by atoms with van der Waals surface area (Å²) in [5, 5.41) is 2.15. The smallest absolute Gasteiger partial charge is 0.107 e. The summed E-state index contributed by atoms with van der Waals surface area (Å²) in [6, 6.07) is 4.28. The predicted octanol–water partition coefficient (Wildman–Crippen LogP) is 6.27. The molecule has 0 spiro atoms. The van der Waals surface area contributed by atoms with E-state index in [1.165, 1.54) is 15.3 Å². The fourth-order valence-corrected chi connectivity index (χ4v) is 5.30. The second-order valence-electron chi connectivity index (χ2n) is 3.30. The highest BCUT2D eigenvalue weighted by molar-refractivity contribution is 9.10. The molecule has 5 heteroatoms. The molecule has 86 valence electrons. The summed E-state index contributed by atoms with van der Waals surface area (Å²) in [4.78, 5) is 2.89. The summed E-state index contributed by atoms with van der Waals surface area (Å²) in [5.74, 6) is 0. The summed E-state index contributed by atoms with van der Waals surface area (Å²) in [7, 11) is 0. The maximum Gasteiger partial charge on any atom is 0.107 e. The van der Waals surface area contributed by atoms with Crippen molar-refractivity contribution < 1.29 is 0 Å². The monoisotopic (exact) mass is 398 g/mol. The van der Waals surface area contributed by atoms with Gasteiger partial charge in [-0.05, 0) is 45.4 Å². The lowest BCUT2D eigenvalue weighted by Gasteiger charge is -2.07. The van der Waals surface area contributed by atoms with Gasteiger partial charge in [0.1, 0.15) is 4.34 Å². The van der Waals surface area contributed by atoms with Crippen LogP contribution in [0.15, 0.2) is 22.0 Å². The minimum atomic E-state index is 0.260. The Kier molecular flexibility index (Phi) is 4.52. The molecule has 2 heterocycles. The Morgan fingerprint density at radius 1 is 1.50 bits per heavy atom. The lowest BCUT2D eigenvalue weighted by molar-refractivity contribution is 1.10. The number of thiophene rings is 2. The fourth-order valence-electron chi connectivity index (χ4n) is 1.48. The van der Waals surface area contributed by atoms with Gasteiger partial charge in [-0.15, -0.1) is 22.7 Å². The van der Waals surface area contributed by atoms with Crippen LogP contribution in [-0.4, -0.2) is 0 Å². The standard InChI is InChI=1S/C11H9Br2ClS2/c1-2-6-3-4-15-10(6)9(13)8-5-7(12)11(14)16-8/h3-5,9H,2H2,1H3. The average molecular weight is 401 g/mol. The zero-order valence-corrected chi connectivity index (χ0v) is 14.0. The van der Waals surface area contributed by atoms with Crippen LogP contribution in [-0.2, 0) is 6.42 Å². The Bertz CT molecular complexity index is 470. The molecule has 16 heavy (non-hydrogen) atoms. The van der Waals surface area contributed by atoms with Gasteiger partial charge in [0.25, 0.3) is 0 Å². The van der Waals surface area contributed by atoms with Crippen LogP contribution in [0.1, 0.15) is 27.1 Å². The molecule has 0 fully saturated rings. The normalized spacial score (nSPS) is 13.0. The van der Waals surface area contributed by atoms with Crippen molar-refractivity contribution in [3.8, 4) is 0 Å². The number of hydrogen-bond donors (Lipinski definition) is 0. The Labute approximate surface area is 125 Å². The van der Waals surface area contributed by atoms with Gasteiger partial charge in [0, 0.05) is 14.2 Å². The van der Waals surface area contributed by atoms with Crippen LogP contribution >= 0.6 is 66.1 Å².